The SMILES string of the molecule is BrCC1(CN2CCOc3ccccc3C2)CCCCCC1. The van der Waals surface area contributed by atoms with E-state index in [9.17, 15) is 0 Å². The molecular formula is C18H26BrNO. The number of ether oxygens (including phenoxy) is 1. The van der Waals surface area contributed by atoms with E-state index in [1.54, 1.807) is 0 Å². The summed E-state index contributed by atoms with van der Waals surface area (Å²) in [6.45, 7) is 4.10. The van der Waals surface area contributed by atoms with Crippen LogP contribution >= 0.6 is 15.9 Å². The molecule has 0 amide bonds. The Hall–Kier alpha value is -0.540. The molecule has 1 heterocycles. The summed E-state index contributed by atoms with van der Waals surface area (Å²) in [5, 5.41) is 1.14. The van der Waals surface area contributed by atoms with Crippen LogP contribution in [0.1, 0.15) is 44.1 Å². The maximum atomic E-state index is 5.91. The zero-order chi connectivity index (χ0) is 14.5. The molecule has 1 saturated carbocycles. The summed E-state index contributed by atoms with van der Waals surface area (Å²) < 4.78 is 5.91. The molecule has 2 aliphatic rings. The Kier molecular flexibility index (Phi) is 5.23. The Labute approximate surface area is 137 Å². The van der Waals surface area contributed by atoms with Gasteiger partial charge in [0.1, 0.15) is 12.4 Å². The van der Waals surface area contributed by atoms with Crippen molar-refractivity contribution in [3.05, 3.63) is 29.8 Å². The highest BCUT2D eigenvalue weighted by atomic mass is 79.9. The number of halogens is 1. The Morgan fingerprint density at radius 1 is 1.10 bits per heavy atom. The lowest BCUT2D eigenvalue weighted by Gasteiger charge is -2.36. The van der Waals surface area contributed by atoms with Gasteiger partial charge in [-0.2, -0.15) is 0 Å². The molecule has 1 aliphatic carbocycles. The first-order chi connectivity index (χ1) is 10.3. The highest BCUT2D eigenvalue weighted by Gasteiger charge is 2.32. The Bertz CT molecular complexity index is 454. The standard InChI is InChI=1S/C18H26BrNO/c19-14-18(9-5-1-2-6-10-18)15-20-11-12-21-17-8-4-3-7-16(17)13-20/h3-4,7-8H,1-2,5-6,9-15H2. The first-order valence-corrected chi connectivity index (χ1v) is 9.43. The molecule has 1 aromatic rings. The minimum Gasteiger partial charge on any atom is -0.492 e. The Balaban J connectivity index is 1.71. The van der Waals surface area contributed by atoms with Crippen molar-refractivity contribution in [3.63, 3.8) is 0 Å². The van der Waals surface area contributed by atoms with E-state index in [1.165, 1.54) is 50.6 Å². The molecule has 0 aromatic heterocycles. The average Bonchev–Trinajstić information content (AvgIpc) is 2.86. The second-order valence-electron chi connectivity index (χ2n) is 6.71. The van der Waals surface area contributed by atoms with Gasteiger partial charge in [-0.1, -0.05) is 59.8 Å². The van der Waals surface area contributed by atoms with E-state index in [0.717, 1.165) is 30.8 Å². The Morgan fingerprint density at radius 2 is 1.86 bits per heavy atom. The number of rotatable bonds is 3. The summed E-state index contributed by atoms with van der Waals surface area (Å²) in [5.74, 6) is 1.08. The topological polar surface area (TPSA) is 12.5 Å². The molecular weight excluding hydrogens is 326 g/mol. The Morgan fingerprint density at radius 3 is 2.62 bits per heavy atom. The smallest absolute Gasteiger partial charge is 0.123 e. The lowest BCUT2D eigenvalue weighted by molar-refractivity contribution is 0.136. The van der Waals surface area contributed by atoms with Crippen LogP contribution in [-0.2, 0) is 6.54 Å². The molecule has 3 rings (SSSR count). The van der Waals surface area contributed by atoms with Crippen LogP contribution < -0.4 is 4.74 Å². The number of benzene rings is 1. The molecule has 1 fully saturated rings. The summed E-state index contributed by atoms with van der Waals surface area (Å²) in [5.41, 5.74) is 1.81. The number of fused-ring (bicyclic) bond motifs is 1. The van der Waals surface area contributed by atoms with Crippen molar-refractivity contribution in [1.82, 2.24) is 4.90 Å². The van der Waals surface area contributed by atoms with Gasteiger partial charge in [0.15, 0.2) is 0 Å². The normalized spacial score (nSPS) is 22.7. The minimum atomic E-state index is 0.468. The van der Waals surface area contributed by atoms with Gasteiger partial charge in [0.05, 0.1) is 0 Å². The molecule has 116 valence electrons. The molecule has 0 spiro atoms. The van der Waals surface area contributed by atoms with Crippen LogP contribution in [-0.4, -0.2) is 29.9 Å². The molecule has 21 heavy (non-hydrogen) atoms. The summed E-state index contributed by atoms with van der Waals surface area (Å²) >= 11 is 3.82. The second-order valence-corrected chi connectivity index (χ2v) is 7.28. The van der Waals surface area contributed by atoms with Gasteiger partial charge in [-0.15, -0.1) is 0 Å². The summed E-state index contributed by atoms with van der Waals surface area (Å²) in [4.78, 5) is 2.61. The van der Waals surface area contributed by atoms with Crippen molar-refractivity contribution in [3.8, 4) is 5.75 Å². The number of alkyl halides is 1. The molecule has 0 bridgehead atoms. The molecule has 3 heteroatoms. The number of hydrogen-bond acceptors (Lipinski definition) is 2. The molecule has 1 aliphatic heterocycles. The van der Waals surface area contributed by atoms with Crippen molar-refractivity contribution in [2.45, 2.75) is 45.1 Å². The lowest BCUT2D eigenvalue weighted by atomic mass is 9.82. The molecule has 2 nitrogen and oxygen atoms in total. The van der Waals surface area contributed by atoms with E-state index in [2.05, 4.69) is 45.1 Å². The van der Waals surface area contributed by atoms with Gasteiger partial charge in [-0.25, -0.2) is 0 Å². The van der Waals surface area contributed by atoms with Crippen LogP contribution in [0.5, 0.6) is 5.75 Å². The minimum absolute atomic E-state index is 0.468. The van der Waals surface area contributed by atoms with Crippen LogP contribution in [0.2, 0.25) is 0 Å². The van der Waals surface area contributed by atoms with Crippen molar-refractivity contribution in [2.75, 3.05) is 25.0 Å². The first kappa shape index (κ1) is 15.4. The van der Waals surface area contributed by atoms with Gasteiger partial charge in [-0.05, 0) is 24.3 Å². The van der Waals surface area contributed by atoms with E-state index < -0.39 is 0 Å². The van der Waals surface area contributed by atoms with Crippen LogP contribution in [0, 0.1) is 5.41 Å². The zero-order valence-electron chi connectivity index (χ0n) is 12.8. The predicted octanol–water partition coefficient (Wildman–Crippen LogP) is 4.62. The van der Waals surface area contributed by atoms with Gasteiger partial charge in [0, 0.05) is 30.5 Å². The predicted molar refractivity (Wildman–Crippen MR) is 91.1 cm³/mol. The summed E-state index contributed by atoms with van der Waals surface area (Å²) in [7, 11) is 0. The van der Waals surface area contributed by atoms with Crippen molar-refractivity contribution >= 4 is 15.9 Å². The van der Waals surface area contributed by atoms with E-state index in [-0.39, 0.29) is 0 Å². The summed E-state index contributed by atoms with van der Waals surface area (Å²) in [6.07, 6.45) is 8.37. The zero-order valence-corrected chi connectivity index (χ0v) is 14.4. The van der Waals surface area contributed by atoms with Gasteiger partial charge >= 0.3 is 0 Å². The second kappa shape index (κ2) is 7.15. The number of para-hydroxylation sites is 1. The fourth-order valence-electron chi connectivity index (χ4n) is 3.80. The highest BCUT2D eigenvalue weighted by molar-refractivity contribution is 9.09. The number of hydrogen-bond donors (Lipinski definition) is 0. The molecule has 0 saturated heterocycles. The van der Waals surface area contributed by atoms with Crippen molar-refractivity contribution in [1.29, 1.82) is 0 Å². The maximum absolute atomic E-state index is 5.91. The molecule has 0 N–H and O–H groups in total. The van der Waals surface area contributed by atoms with E-state index in [1.807, 2.05) is 0 Å². The monoisotopic (exact) mass is 351 g/mol. The van der Waals surface area contributed by atoms with E-state index in [4.69, 9.17) is 4.74 Å². The van der Waals surface area contributed by atoms with Gasteiger partial charge < -0.3 is 4.74 Å². The quantitative estimate of drug-likeness (QED) is 0.582. The fourth-order valence-corrected chi connectivity index (χ4v) is 4.54. The third-order valence-corrected chi connectivity index (χ3v) is 6.23. The molecule has 1 aromatic carbocycles. The third kappa shape index (κ3) is 3.81. The number of nitrogens with zero attached hydrogens (tertiary/aromatic N) is 1. The van der Waals surface area contributed by atoms with Crippen molar-refractivity contribution < 1.29 is 4.74 Å². The highest BCUT2D eigenvalue weighted by Crippen LogP contribution is 2.38. The lowest BCUT2D eigenvalue weighted by Crippen LogP contribution is -2.39. The van der Waals surface area contributed by atoms with E-state index in [0.29, 0.717) is 5.41 Å². The largest absolute Gasteiger partial charge is 0.492 e. The molecule has 0 unspecified atom stereocenters. The fraction of sp³-hybridized carbons (Fsp3) is 0.667. The first-order valence-electron chi connectivity index (χ1n) is 8.30. The van der Waals surface area contributed by atoms with Crippen LogP contribution in [0.4, 0.5) is 0 Å². The van der Waals surface area contributed by atoms with E-state index >= 15 is 0 Å². The molecule has 0 atom stereocenters. The summed E-state index contributed by atoms with van der Waals surface area (Å²) in [6, 6.07) is 8.50. The maximum Gasteiger partial charge on any atom is 0.123 e. The van der Waals surface area contributed by atoms with Gasteiger partial charge in [-0.3, -0.25) is 4.90 Å². The van der Waals surface area contributed by atoms with Crippen LogP contribution in [0.25, 0.3) is 0 Å². The average molecular weight is 352 g/mol. The third-order valence-electron chi connectivity index (χ3n) is 5.04. The van der Waals surface area contributed by atoms with Crippen LogP contribution in [0.3, 0.4) is 0 Å². The molecule has 0 radical (unpaired) electrons. The van der Waals surface area contributed by atoms with Crippen LogP contribution in [0.15, 0.2) is 24.3 Å². The van der Waals surface area contributed by atoms with Gasteiger partial charge in [0.25, 0.3) is 0 Å². The van der Waals surface area contributed by atoms with Crippen molar-refractivity contribution in [2.24, 2.45) is 5.41 Å². The van der Waals surface area contributed by atoms with Gasteiger partial charge in [0.2, 0.25) is 0 Å².